The Hall–Kier alpha value is -1.77. The lowest BCUT2D eigenvalue weighted by atomic mass is 10.2. The molecule has 2 aromatic rings. The largest absolute Gasteiger partial charge is 0.389 e. The molecular weight excluding hydrogens is 337 g/mol. The quantitative estimate of drug-likeness (QED) is 0.830. The van der Waals surface area contributed by atoms with Gasteiger partial charge in [-0.3, -0.25) is 4.72 Å². The number of nitrogens with two attached hydrogens (primary N) is 1. The summed E-state index contributed by atoms with van der Waals surface area (Å²) in [5, 5.41) is 0.137. The molecule has 0 unspecified atom stereocenters. The maximum atomic E-state index is 13.5. The number of thiocarbonyl (C=S) groups is 1. The highest BCUT2D eigenvalue weighted by atomic mass is 35.5. The minimum Gasteiger partial charge on any atom is -0.389 e. The highest BCUT2D eigenvalue weighted by Gasteiger charge is 2.19. The average Bonchev–Trinajstić information content (AvgIpc) is 2.41. The molecular formula is C12H9ClFN3O2S2. The van der Waals surface area contributed by atoms with E-state index in [4.69, 9.17) is 17.3 Å². The lowest BCUT2D eigenvalue weighted by molar-refractivity contribution is 0.599. The molecule has 9 heteroatoms. The Morgan fingerprint density at radius 3 is 2.71 bits per heavy atom. The number of hydrogen-bond acceptors (Lipinski definition) is 4. The molecule has 0 saturated carbocycles. The summed E-state index contributed by atoms with van der Waals surface area (Å²) in [6.45, 7) is 0. The van der Waals surface area contributed by atoms with Crippen LogP contribution in [0, 0.1) is 5.82 Å². The molecule has 0 atom stereocenters. The number of halogens is 2. The van der Waals surface area contributed by atoms with Crippen molar-refractivity contribution in [3.05, 3.63) is 52.9 Å². The number of aromatic nitrogens is 1. The van der Waals surface area contributed by atoms with E-state index in [0.717, 1.165) is 18.2 Å². The van der Waals surface area contributed by atoms with Gasteiger partial charge in [0.25, 0.3) is 10.0 Å². The van der Waals surface area contributed by atoms with E-state index in [1.807, 2.05) is 0 Å². The number of nitrogens with zero attached hydrogens (tertiary/aromatic N) is 1. The Labute approximate surface area is 131 Å². The molecule has 1 aromatic carbocycles. The van der Waals surface area contributed by atoms with Crippen LogP contribution in [0.5, 0.6) is 0 Å². The van der Waals surface area contributed by atoms with Crippen LogP contribution in [0.1, 0.15) is 5.56 Å². The first-order chi connectivity index (χ1) is 9.81. The monoisotopic (exact) mass is 345 g/mol. The maximum Gasteiger partial charge on any atom is 0.263 e. The Kier molecular flexibility index (Phi) is 4.40. The first-order valence-electron chi connectivity index (χ1n) is 5.54. The van der Waals surface area contributed by atoms with E-state index in [2.05, 4.69) is 21.9 Å². The number of hydrogen-bond donors (Lipinski definition) is 2. The van der Waals surface area contributed by atoms with Crippen molar-refractivity contribution >= 4 is 44.6 Å². The standard InChI is InChI=1S/C12H9ClFN3O2S2/c13-9-2-1-5-16-12(9)17-21(18,19)7-3-4-10(14)8(6-7)11(15)20/h1-6H,(H2,15,20)(H,16,17). The third-order valence-corrected chi connectivity index (χ3v) is 4.36. The van der Waals surface area contributed by atoms with Crippen LogP contribution in [0.15, 0.2) is 41.4 Å². The molecule has 1 heterocycles. The minimum absolute atomic E-state index is 0.0274. The van der Waals surface area contributed by atoms with Gasteiger partial charge < -0.3 is 5.73 Å². The SMILES string of the molecule is NC(=S)c1cc(S(=O)(=O)Nc2ncccc2Cl)ccc1F. The smallest absolute Gasteiger partial charge is 0.263 e. The van der Waals surface area contributed by atoms with Gasteiger partial charge in [-0.25, -0.2) is 17.8 Å². The van der Waals surface area contributed by atoms with Crippen molar-refractivity contribution in [3.8, 4) is 0 Å². The van der Waals surface area contributed by atoms with Gasteiger partial charge in [-0.15, -0.1) is 0 Å². The summed E-state index contributed by atoms with van der Waals surface area (Å²) in [4.78, 5) is 3.38. The zero-order chi connectivity index (χ0) is 15.6. The molecule has 0 bridgehead atoms. The van der Waals surface area contributed by atoms with Crippen molar-refractivity contribution in [2.45, 2.75) is 4.90 Å². The number of sulfonamides is 1. The minimum atomic E-state index is -3.99. The second-order valence-corrected chi connectivity index (χ2v) is 6.47. The van der Waals surface area contributed by atoms with Crippen LogP contribution in [0.4, 0.5) is 10.2 Å². The first kappa shape index (κ1) is 15.6. The number of pyridine rings is 1. The molecule has 0 saturated heterocycles. The average molecular weight is 346 g/mol. The number of rotatable bonds is 4. The molecule has 5 nitrogen and oxygen atoms in total. The molecule has 1 aromatic heterocycles. The number of benzene rings is 1. The molecule has 2 rings (SSSR count). The highest BCUT2D eigenvalue weighted by molar-refractivity contribution is 7.92. The van der Waals surface area contributed by atoms with E-state index in [-0.39, 0.29) is 26.3 Å². The number of anilines is 1. The first-order valence-corrected chi connectivity index (χ1v) is 7.81. The zero-order valence-electron chi connectivity index (χ0n) is 10.4. The van der Waals surface area contributed by atoms with Crippen LogP contribution < -0.4 is 10.5 Å². The van der Waals surface area contributed by atoms with E-state index in [1.165, 1.54) is 12.3 Å². The summed E-state index contributed by atoms with van der Waals surface area (Å²) in [6.07, 6.45) is 1.38. The maximum absolute atomic E-state index is 13.5. The molecule has 0 amide bonds. The summed E-state index contributed by atoms with van der Waals surface area (Å²) < 4.78 is 40.1. The van der Waals surface area contributed by atoms with E-state index in [1.54, 1.807) is 6.07 Å². The van der Waals surface area contributed by atoms with E-state index >= 15 is 0 Å². The molecule has 3 N–H and O–H groups in total. The molecule has 0 radical (unpaired) electrons. The Morgan fingerprint density at radius 1 is 1.38 bits per heavy atom. The summed E-state index contributed by atoms with van der Waals surface area (Å²) >= 11 is 10.5. The van der Waals surface area contributed by atoms with Gasteiger partial charge in [0.15, 0.2) is 5.82 Å². The van der Waals surface area contributed by atoms with E-state index in [0.29, 0.717) is 0 Å². The van der Waals surface area contributed by atoms with Gasteiger partial charge >= 0.3 is 0 Å². The van der Waals surface area contributed by atoms with Gasteiger partial charge in [-0.2, -0.15) is 0 Å². The molecule has 0 spiro atoms. The summed E-state index contributed by atoms with van der Waals surface area (Å²) in [6, 6.07) is 6.16. The van der Waals surface area contributed by atoms with Crippen LogP contribution >= 0.6 is 23.8 Å². The Morgan fingerprint density at radius 2 is 2.10 bits per heavy atom. The van der Waals surface area contributed by atoms with Gasteiger partial charge in [-0.1, -0.05) is 23.8 Å². The van der Waals surface area contributed by atoms with Crippen LogP contribution in [0.3, 0.4) is 0 Å². The van der Waals surface area contributed by atoms with Gasteiger partial charge in [-0.05, 0) is 30.3 Å². The Balaban J connectivity index is 2.43. The van der Waals surface area contributed by atoms with Gasteiger partial charge in [0, 0.05) is 11.8 Å². The van der Waals surface area contributed by atoms with Crippen LogP contribution in [-0.2, 0) is 10.0 Å². The normalized spacial score (nSPS) is 11.1. The molecule has 0 aliphatic carbocycles. The lowest BCUT2D eigenvalue weighted by Crippen LogP contribution is -2.17. The highest BCUT2D eigenvalue weighted by Crippen LogP contribution is 2.22. The van der Waals surface area contributed by atoms with Crippen LogP contribution in [0.2, 0.25) is 5.02 Å². The van der Waals surface area contributed by atoms with Crippen molar-refractivity contribution in [1.29, 1.82) is 0 Å². The molecule has 0 aliphatic rings. The van der Waals surface area contributed by atoms with Crippen molar-refractivity contribution < 1.29 is 12.8 Å². The van der Waals surface area contributed by atoms with Crippen LogP contribution in [0.25, 0.3) is 0 Å². The molecule has 0 aliphatic heterocycles. The fourth-order valence-corrected chi connectivity index (χ4v) is 2.94. The van der Waals surface area contributed by atoms with Crippen molar-refractivity contribution in [1.82, 2.24) is 4.98 Å². The second kappa shape index (κ2) is 5.92. The molecule has 21 heavy (non-hydrogen) atoms. The summed E-state index contributed by atoms with van der Waals surface area (Å²) in [5.74, 6) is -0.724. The van der Waals surface area contributed by atoms with E-state index < -0.39 is 15.8 Å². The van der Waals surface area contributed by atoms with Gasteiger partial charge in [0.05, 0.1) is 9.92 Å². The van der Waals surface area contributed by atoms with Crippen molar-refractivity contribution in [2.75, 3.05) is 4.72 Å². The third kappa shape index (κ3) is 3.46. The van der Waals surface area contributed by atoms with Crippen molar-refractivity contribution in [2.24, 2.45) is 5.73 Å². The zero-order valence-corrected chi connectivity index (χ0v) is 12.8. The third-order valence-electron chi connectivity index (χ3n) is 2.50. The van der Waals surface area contributed by atoms with Crippen LogP contribution in [-0.4, -0.2) is 18.4 Å². The van der Waals surface area contributed by atoms with Gasteiger partial charge in [0.1, 0.15) is 10.8 Å². The van der Waals surface area contributed by atoms with E-state index in [9.17, 15) is 12.8 Å². The predicted molar refractivity (Wildman–Crippen MR) is 82.3 cm³/mol. The van der Waals surface area contributed by atoms with Crippen molar-refractivity contribution in [3.63, 3.8) is 0 Å². The topological polar surface area (TPSA) is 85.1 Å². The predicted octanol–water partition coefficient (Wildman–Crippen LogP) is 2.31. The lowest BCUT2D eigenvalue weighted by Gasteiger charge is -2.10. The molecule has 110 valence electrons. The fraction of sp³-hybridized carbons (Fsp3) is 0. The Bertz CT molecular complexity index is 812. The fourth-order valence-electron chi connectivity index (χ4n) is 1.51. The second-order valence-electron chi connectivity index (χ2n) is 3.95. The number of nitrogens with one attached hydrogen (secondary N) is 1. The molecule has 0 fully saturated rings. The van der Waals surface area contributed by atoms with Gasteiger partial charge in [0.2, 0.25) is 0 Å². The summed E-state index contributed by atoms with van der Waals surface area (Å²) in [7, 11) is -3.99. The summed E-state index contributed by atoms with van der Waals surface area (Å²) in [5.41, 5.74) is 5.19.